The predicted octanol–water partition coefficient (Wildman–Crippen LogP) is 0.670. The van der Waals surface area contributed by atoms with Crippen LogP contribution in [0.4, 0.5) is 0 Å². The fraction of sp³-hybridized carbons (Fsp3) is 0.857. The molecule has 2 heterocycles. The van der Waals surface area contributed by atoms with Gasteiger partial charge in [0.2, 0.25) is 11.8 Å². The van der Waals surface area contributed by atoms with E-state index in [1.165, 1.54) is 0 Å². The van der Waals surface area contributed by atoms with Gasteiger partial charge < -0.3 is 14.9 Å². The van der Waals surface area contributed by atoms with Crippen LogP contribution in [0.15, 0.2) is 0 Å². The van der Waals surface area contributed by atoms with E-state index in [2.05, 4.69) is 6.92 Å². The van der Waals surface area contributed by atoms with E-state index in [4.69, 9.17) is 0 Å². The summed E-state index contributed by atoms with van der Waals surface area (Å²) in [6, 6.07) is -0.296. The van der Waals surface area contributed by atoms with Gasteiger partial charge in [0.15, 0.2) is 0 Å². The van der Waals surface area contributed by atoms with Crippen molar-refractivity contribution in [2.45, 2.75) is 49.6 Å². The molecule has 3 aliphatic rings. The second-order valence-corrected chi connectivity index (χ2v) is 7.98. The van der Waals surface area contributed by atoms with Crippen LogP contribution in [0.2, 0.25) is 0 Å². The van der Waals surface area contributed by atoms with Crippen molar-refractivity contribution in [3.63, 3.8) is 0 Å². The normalized spacial score (nSPS) is 39.6. The summed E-state index contributed by atoms with van der Waals surface area (Å²) >= 11 is 1.73. The minimum Gasteiger partial charge on any atom is -0.393 e. The number of amides is 2. The summed E-state index contributed by atoms with van der Waals surface area (Å²) in [6.07, 6.45) is 2.80. The monoisotopic (exact) mass is 298 g/mol. The van der Waals surface area contributed by atoms with E-state index in [0.29, 0.717) is 24.6 Å². The van der Waals surface area contributed by atoms with Crippen molar-refractivity contribution in [3.05, 3.63) is 0 Å². The van der Waals surface area contributed by atoms with E-state index in [1.807, 2.05) is 11.9 Å². The van der Waals surface area contributed by atoms with Crippen LogP contribution in [-0.4, -0.2) is 63.1 Å². The van der Waals surface area contributed by atoms with Crippen LogP contribution in [0.25, 0.3) is 0 Å². The molecule has 112 valence electrons. The Morgan fingerprint density at radius 2 is 2.25 bits per heavy atom. The minimum atomic E-state index is -0.296. The molecule has 6 heteroatoms. The Bertz CT molecular complexity index is 438. The van der Waals surface area contributed by atoms with Gasteiger partial charge in [-0.2, -0.15) is 0 Å². The lowest BCUT2D eigenvalue weighted by molar-refractivity contribution is -0.143. The number of hydrogen-bond acceptors (Lipinski definition) is 4. The smallest absolute Gasteiger partial charge is 0.246 e. The van der Waals surface area contributed by atoms with E-state index >= 15 is 0 Å². The SMILES string of the molecule is CN(CC1CC(O)C1)C(=O)C1CSC2(C)CCC(=O)N12. The van der Waals surface area contributed by atoms with E-state index < -0.39 is 0 Å². The molecular weight excluding hydrogens is 276 g/mol. The van der Waals surface area contributed by atoms with E-state index in [-0.39, 0.29) is 28.8 Å². The van der Waals surface area contributed by atoms with Crippen molar-refractivity contribution in [1.82, 2.24) is 9.80 Å². The zero-order chi connectivity index (χ0) is 14.5. The Labute approximate surface area is 123 Å². The van der Waals surface area contributed by atoms with Crippen LogP contribution in [0, 0.1) is 5.92 Å². The zero-order valence-corrected chi connectivity index (χ0v) is 12.9. The number of thioether (sulfide) groups is 1. The van der Waals surface area contributed by atoms with Gasteiger partial charge in [-0.3, -0.25) is 9.59 Å². The summed E-state index contributed by atoms with van der Waals surface area (Å²) in [5.41, 5.74) is 0. The highest BCUT2D eigenvalue weighted by Crippen LogP contribution is 2.47. The molecule has 0 bridgehead atoms. The third kappa shape index (κ3) is 2.22. The third-order valence-electron chi connectivity index (χ3n) is 4.85. The zero-order valence-electron chi connectivity index (χ0n) is 12.0. The number of carbonyl (C=O) groups is 2. The molecule has 2 atom stereocenters. The van der Waals surface area contributed by atoms with Gasteiger partial charge in [0.25, 0.3) is 0 Å². The molecule has 0 radical (unpaired) electrons. The Kier molecular flexibility index (Phi) is 3.49. The Hall–Kier alpha value is -0.750. The molecule has 2 unspecified atom stereocenters. The number of likely N-dealkylation sites (N-methyl/N-ethyl adjacent to an activating group) is 1. The summed E-state index contributed by atoms with van der Waals surface area (Å²) in [5, 5.41) is 9.31. The minimum absolute atomic E-state index is 0.0536. The summed E-state index contributed by atoms with van der Waals surface area (Å²) in [6.45, 7) is 2.76. The Morgan fingerprint density at radius 3 is 2.90 bits per heavy atom. The van der Waals surface area contributed by atoms with Crippen LogP contribution in [0.3, 0.4) is 0 Å². The number of nitrogens with zero attached hydrogens (tertiary/aromatic N) is 2. The second-order valence-electron chi connectivity index (χ2n) is 6.48. The Balaban J connectivity index is 1.63. The van der Waals surface area contributed by atoms with E-state index in [9.17, 15) is 14.7 Å². The molecule has 0 aromatic heterocycles. The molecule has 5 nitrogen and oxygen atoms in total. The molecule has 2 amide bonds. The highest BCUT2D eigenvalue weighted by Gasteiger charge is 2.53. The molecule has 3 rings (SSSR count). The van der Waals surface area contributed by atoms with E-state index in [0.717, 1.165) is 19.3 Å². The van der Waals surface area contributed by atoms with Crippen LogP contribution in [0.5, 0.6) is 0 Å². The average molecular weight is 298 g/mol. The topological polar surface area (TPSA) is 60.9 Å². The maximum absolute atomic E-state index is 12.6. The maximum atomic E-state index is 12.6. The molecule has 1 aliphatic carbocycles. The van der Waals surface area contributed by atoms with E-state index in [1.54, 1.807) is 16.7 Å². The van der Waals surface area contributed by atoms with Crippen LogP contribution in [0.1, 0.15) is 32.6 Å². The lowest BCUT2D eigenvalue weighted by atomic mass is 9.82. The Morgan fingerprint density at radius 1 is 1.55 bits per heavy atom. The molecule has 2 aliphatic heterocycles. The first-order chi connectivity index (χ1) is 9.40. The number of hydrogen-bond donors (Lipinski definition) is 1. The summed E-state index contributed by atoms with van der Waals surface area (Å²) in [7, 11) is 1.81. The number of carbonyl (C=O) groups excluding carboxylic acids is 2. The summed E-state index contributed by atoms with van der Waals surface area (Å²) in [5.74, 6) is 1.29. The molecule has 3 fully saturated rings. The number of aliphatic hydroxyl groups is 1. The fourth-order valence-corrected chi connectivity index (χ4v) is 5.01. The fourth-order valence-electron chi connectivity index (χ4n) is 3.58. The maximum Gasteiger partial charge on any atom is 0.246 e. The third-order valence-corrected chi connectivity index (χ3v) is 6.35. The van der Waals surface area contributed by atoms with Crippen LogP contribution in [-0.2, 0) is 9.59 Å². The first-order valence-electron chi connectivity index (χ1n) is 7.30. The van der Waals surface area contributed by atoms with Gasteiger partial charge in [0.1, 0.15) is 6.04 Å². The highest BCUT2D eigenvalue weighted by atomic mass is 32.2. The standard InChI is InChI=1S/C14H22N2O3S/c1-14-4-3-12(18)16(14)11(8-20-14)13(19)15(2)7-9-5-10(17)6-9/h9-11,17H,3-8H2,1-2H3. The lowest BCUT2D eigenvalue weighted by Gasteiger charge is -2.36. The van der Waals surface area contributed by atoms with Gasteiger partial charge in [-0.15, -0.1) is 11.8 Å². The lowest BCUT2D eigenvalue weighted by Crippen LogP contribution is -2.52. The number of fused-ring (bicyclic) bond motifs is 1. The van der Waals surface area contributed by atoms with Crippen molar-refractivity contribution < 1.29 is 14.7 Å². The van der Waals surface area contributed by atoms with Crippen LogP contribution < -0.4 is 0 Å². The van der Waals surface area contributed by atoms with Gasteiger partial charge >= 0.3 is 0 Å². The molecule has 20 heavy (non-hydrogen) atoms. The number of rotatable bonds is 3. The largest absolute Gasteiger partial charge is 0.393 e. The van der Waals surface area contributed by atoms with Crippen molar-refractivity contribution in [2.75, 3.05) is 19.3 Å². The van der Waals surface area contributed by atoms with Crippen molar-refractivity contribution in [1.29, 1.82) is 0 Å². The van der Waals surface area contributed by atoms with Gasteiger partial charge in [0, 0.05) is 25.8 Å². The second kappa shape index (κ2) is 4.91. The molecule has 1 N–H and O–H groups in total. The quantitative estimate of drug-likeness (QED) is 0.832. The summed E-state index contributed by atoms with van der Waals surface area (Å²) in [4.78, 5) is 28.0. The van der Waals surface area contributed by atoms with Crippen molar-refractivity contribution in [3.8, 4) is 0 Å². The van der Waals surface area contributed by atoms with Gasteiger partial charge in [0.05, 0.1) is 11.0 Å². The first-order valence-corrected chi connectivity index (χ1v) is 8.28. The molecule has 2 saturated heterocycles. The molecular formula is C14H22N2O3S. The summed E-state index contributed by atoms with van der Waals surface area (Å²) < 4.78 is 0. The van der Waals surface area contributed by atoms with Gasteiger partial charge in [-0.25, -0.2) is 0 Å². The molecule has 0 aromatic rings. The first kappa shape index (κ1) is 14.2. The number of aliphatic hydroxyl groups excluding tert-OH is 1. The van der Waals surface area contributed by atoms with Crippen molar-refractivity contribution in [2.24, 2.45) is 5.92 Å². The van der Waals surface area contributed by atoms with Crippen LogP contribution >= 0.6 is 11.8 Å². The van der Waals surface area contributed by atoms with Gasteiger partial charge in [-0.05, 0) is 32.1 Å². The molecule has 1 saturated carbocycles. The predicted molar refractivity (Wildman–Crippen MR) is 77.1 cm³/mol. The highest BCUT2D eigenvalue weighted by molar-refractivity contribution is 8.01. The van der Waals surface area contributed by atoms with Crippen molar-refractivity contribution >= 4 is 23.6 Å². The molecule has 0 spiro atoms. The average Bonchev–Trinajstić information content (AvgIpc) is 2.84. The van der Waals surface area contributed by atoms with Gasteiger partial charge in [-0.1, -0.05) is 0 Å². The molecule has 0 aromatic carbocycles.